The summed E-state index contributed by atoms with van der Waals surface area (Å²) in [5.41, 5.74) is 2.22. The summed E-state index contributed by atoms with van der Waals surface area (Å²) < 4.78 is 0. The van der Waals surface area contributed by atoms with Gasteiger partial charge in [-0.05, 0) is 69.6 Å². The van der Waals surface area contributed by atoms with Crippen LogP contribution in [0.15, 0.2) is 34.5 Å². The molecule has 0 aromatic rings. The number of hydrogen-bond donors (Lipinski definition) is 0. The molecule has 0 spiro atoms. The Morgan fingerprint density at radius 3 is 2.52 bits per heavy atom. The standard InChI is InChI=1S/C18H21ClNO/c1-3-20(4-2)13-16-10-9-15(18(16)19)11-12-17(21)14-7-5-6-8-14/h5-8,11-13H,3-4,9-10H2,1-2H3/b12-11+,16-13+. The molecule has 0 aliphatic heterocycles. The maximum atomic E-state index is 11.9. The van der Waals surface area contributed by atoms with E-state index in [1.165, 1.54) is 5.57 Å². The van der Waals surface area contributed by atoms with Crippen LogP contribution in [0.2, 0.25) is 0 Å². The second-order valence-electron chi connectivity index (χ2n) is 5.09. The molecule has 3 heteroatoms. The highest BCUT2D eigenvalue weighted by Crippen LogP contribution is 2.35. The lowest BCUT2D eigenvalue weighted by Crippen LogP contribution is -2.16. The molecule has 21 heavy (non-hydrogen) atoms. The van der Waals surface area contributed by atoms with Crippen molar-refractivity contribution in [2.75, 3.05) is 13.1 Å². The van der Waals surface area contributed by atoms with E-state index in [2.05, 4.69) is 24.9 Å². The lowest BCUT2D eigenvalue weighted by molar-refractivity contribution is -0.112. The summed E-state index contributed by atoms with van der Waals surface area (Å²) in [6.45, 7) is 6.22. The van der Waals surface area contributed by atoms with Crippen LogP contribution in [0, 0.1) is 31.6 Å². The van der Waals surface area contributed by atoms with Crippen molar-refractivity contribution in [2.24, 2.45) is 0 Å². The number of rotatable bonds is 6. The van der Waals surface area contributed by atoms with E-state index in [4.69, 9.17) is 11.6 Å². The van der Waals surface area contributed by atoms with Gasteiger partial charge in [0, 0.05) is 24.3 Å². The Hall–Kier alpha value is -1.02. The number of allylic oxidation sites excluding steroid dienone is 5. The summed E-state index contributed by atoms with van der Waals surface area (Å²) in [5, 5.41) is 0.799. The maximum absolute atomic E-state index is 11.9. The predicted molar refractivity (Wildman–Crippen MR) is 87.7 cm³/mol. The van der Waals surface area contributed by atoms with Gasteiger partial charge in [0.2, 0.25) is 0 Å². The number of nitrogens with zero attached hydrogens (tertiary/aromatic N) is 1. The molecule has 0 amide bonds. The van der Waals surface area contributed by atoms with E-state index in [1.807, 2.05) is 31.8 Å². The fourth-order valence-corrected chi connectivity index (χ4v) is 2.71. The molecule has 0 aromatic heterocycles. The number of carbonyl (C=O) groups excluding carboxylic acids is 1. The van der Waals surface area contributed by atoms with E-state index in [1.54, 1.807) is 6.08 Å². The third-order valence-electron chi connectivity index (χ3n) is 3.76. The predicted octanol–water partition coefficient (Wildman–Crippen LogP) is 4.03. The molecule has 5 radical (unpaired) electrons. The van der Waals surface area contributed by atoms with E-state index in [0.29, 0.717) is 0 Å². The van der Waals surface area contributed by atoms with Crippen LogP contribution in [-0.2, 0) is 4.79 Å². The smallest absolute Gasteiger partial charge is 0.163 e. The molecule has 1 fully saturated rings. The first-order chi connectivity index (χ1) is 10.2. The largest absolute Gasteiger partial charge is 0.378 e. The molecular weight excluding hydrogens is 282 g/mol. The Kier molecular flexibility index (Phi) is 6.10. The minimum absolute atomic E-state index is 0.0261. The Morgan fingerprint density at radius 1 is 1.24 bits per heavy atom. The molecule has 2 rings (SSSR count). The lowest BCUT2D eigenvalue weighted by atomic mass is 10.0. The van der Waals surface area contributed by atoms with Crippen molar-refractivity contribution in [1.82, 2.24) is 4.90 Å². The summed E-state index contributed by atoms with van der Waals surface area (Å²) in [4.78, 5) is 14.2. The molecular formula is C18H21ClNO. The molecule has 0 N–H and O–H groups in total. The first-order valence-corrected chi connectivity index (χ1v) is 7.81. The second kappa shape index (κ2) is 7.84. The first-order valence-electron chi connectivity index (χ1n) is 7.43. The summed E-state index contributed by atoms with van der Waals surface area (Å²) in [6, 6.07) is 0. The molecule has 0 atom stereocenters. The summed E-state index contributed by atoms with van der Waals surface area (Å²) in [7, 11) is 0. The number of ketones is 1. The van der Waals surface area contributed by atoms with E-state index >= 15 is 0 Å². The maximum Gasteiger partial charge on any atom is 0.163 e. The number of halogens is 1. The van der Waals surface area contributed by atoms with Gasteiger partial charge < -0.3 is 4.90 Å². The van der Waals surface area contributed by atoms with Crippen LogP contribution in [0.4, 0.5) is 0 Å². The van der Waals surface area contributed by atoms with Crippen molar-refractivity contribution >= 4 is 17.4 Å². The van der Waals surface area contributed by atoms with Gasteiger partial charge >= 0.3 is 0 Å². The second-order valence-corrected chi connectivity index (χ2v) is 5.46. The molecule has 2 aliphatic carbocycles. The highest BCUT2D eigenvalue weighted by molar-refractivity contribution is 6.33. The van der Waals surface area contributed by atoms with Gasteiger partial charge in [-0.2, -0.15) is 0 Å². The van der Waals surface area contributed by atoms with Gasteiger partial charge in [0.15, 0.2) is 5.78 Å². The Labute approximate surface area is 133 Å². The zero-order valence-electron chi connectivity index (χ0n) is 12.6. The first kappa shape index (κ1) is 16.4. The Bertz CT molecular complexity index is 466. The summed E-state index contributed by atoms with van der Waals surface area (Å²) in [5.74, 6) is 0.748. The highest BCUT2D eigenvalue weighted by atomic mass is 35.5. The van der Waals surface area contributed by atoms with Crippen molar-refractivity contribution in [1.29, 1.82) is 0 Å². The van der Waals surface area contributed by atoms with Crippen molar-refractivity contribution in [3.05, 3.63) is 66.1 Å². The molecule has 0 unspecified atom stereocenters. The highest BCUT2D eigenvalue weighted by Gasteiger charge is 2.23. The van der Waals surface area contributed by atoms with Crippen LogP contribution >= 0.6 is 11.6 Å². The van der Waals surface area contributed by atoms with E-state index in [0.717, 1.165) is 42.5 Å². The van der Waals surface area contributed by atoms with E-state index in [9.17, 15) is 4.79 Å². The minimum Gasteiger partial charge on any atom is -0.378 e. The SMILES string of the molecule is CCN(/C=C1\CCC(/C=C/C(=O)[C]2[CH][CH][CH][CH]2)=C1Cl)CC. The molecule has 0 bridgehead atoms. The van der Waals surface area contributed by atoms with Crippen LogP contribution < -0.4 is 0 Å². The van der Waals surface area contributed by atoms with Crippen LogP contribution in [0.1, 0.15) is 26.7 Å². The Morgan fingerprint density at radius 2 is 1.90 bits per heavy atom. The van der Waals surface area contributed by atoms with Crippen molar-refractivity contribution in [3.8, 4) is 0 Å². The third kappa shape index (κ3) is 4.23. The third-order valence-corrected chi connectivity index (χ3v) is 4.25. The van der Waals surface area contributed by atoms with Crippen molar-refractivity contribution in [2.45, 2.75) is 26.7 Å². The van der Waals surface area contributed by atoms with E-state index < -0.39 is 0 Å². The summed E-state index contributed by atoms with van der Waals surface area (Å²) >= 11 is 6.43. The number of hydrogen-bond acceptors (Lipinski definition) is 2. The van der Waals surface area contributed by atoms with Gasteiger partial charge in [0.05, 0.1) is 5.92 Å². The zero-order chi connectivity index (χ0) is 15.2. The molecule has 0 aromatic carbocycles. The summed E-state index contributed by atoms with van der Waals surface area (Å²) in [6.07, 6.45) is 14.8. The van der Waals surface area contributed by atoms with Crippen LogP contribution in [-0.4, -0.2) is 23.8 Å². The monoisotopic (exact) mass is 302 g/mol. The molecule has 2 aliphatic rings. The molecule has 111 valence electrons. The van der Waals surface area contributed by atoms with E-state index in [-0.39, 0.29) is 5.78 Å². The topological polar surface area (TPSA) is 20.3 Å². The Balaban J connectivity index is 2.02. The van der Waals surface area contributed by atoms with Gasteiger partial charge in [-0.15, -0.1) is 0 Å². The van der Waals surface area contributed by atoms with Crippen LogP contribution in [0.25, 0.3) is 0 Å². The minimum atomic E-state index is 0.0261. The fourth-order valence-electron chi connectivity index (χ4n) is 2.41. The fraction of sp³-hybridized carbons (Fsp3) is 0.333. The molecule has 0 saturated heterocycles. The average Bonchev–Trinajstić information content (AvgIpc) is 3.13. The quantitative estimate of drug-likeness (QED) is 0.690. The van der Waals surface area contributed by atoms with Gasteiger partial charge in [0.25, 0.3) is 0 Å². The average molecular weight is 303 g/mol. The van der Waals surface area contributed by atoms with Crippen LogP contribution in [0.5, 0.6) is 0 Å². The van der Waals surface area contributed by atoms with Gasteiger partial charge in [0.1, 0.15) is 0 Å². The molecule has 2 nitrogen and oxygen atoms in total. The lowest BCUT2D eigenvalue weighted by Gasteiger charge is -2.16. The molecule has 1 saturated carbocycles. The van der Waals surface area contributed by atoms with Crippen molar-refractivity contribution in [3.63, 3.8) is 0 Å². The van der Waals surface area contributed by atoms with Crippen LogP contribution in [0.3, 0.4) is 0 Å². The molecule has 0 heterocycles. The normalized spacial score (nSPS) is 22.0. The van der Waals surface area contributed by atoms with Crippen molar-refractivity contribution < 1.29 is 4.79 Å². The van der Waals surface area contributed by atoms with Gasteiger partial charge in [-0.25, -0.2) is 0 Å². The number of carbonyl (C=O) groups is 1. The zero-order valence-corrected chi connectivity index (χ0v) is 13.4. The van der Waals surface area contributed by atoms with Gasteiger partial charge in [-0.1, -0.05) is 17.7 Å². The van der Waals surface area contributed by atoms with Gasteiger partial charge in [-0.3, -0.25) is 4.79 Å².